The van der Waals surface area contributed by atoms with Crippen LogP contribution in [0.5, 0.6) is 0 Å². The number of halogens is 2. The molecule has 1 unspecified atom stereocenters. The van der Waals surface area contributed by atoms with E-state index in [4.69, 9.17) is 0 Å². The van der Waals surface area contributed by atoms with Crippen molar-refractivity contribution in [3.63, 3.8) is 0 Å². The summed E-state index contributed by atoms with van der Waals surface area (Å²) in [5.74, 6) is -1.06. The van der Waals surface area contributed by atoms with E-state index in [0.29, 0.717) is 0 Å². The second-order valence-electron chi connectivity index (χ2n) is 4.09. The van der Waals surface area contributed by atoms with Crippen molar-refractivity contribution in [1.82, 2.24) is 10.3 Å². The summed E-state index contributed by atoms with van der Waals surface area (Å²) in [7, 11) is 0. The Labute approximate surface area is 119 Å². The number of carbonyl (C=O) groups excluding carboxylic acids is 1. The van der Waals surface area contributed by atoms with Gasteiger partial charge < -0.3 is 5.32 Å². The molecule has 3 nitrogen and oxygen atoms in total. The van der Waals surface area contributed by atoms with Crippen molar-refractivity contribution in [3.8, 4) is 0 Å². The van der Waals surface area contributed by atoms with E-state index in [2.05, 4.69) is 26.2 Å². The first kappa shape index (κ1) is 13.7. The quantitative estimate of drug-likeness (QED) is 0.879. The van der Waals surface area contributed by atoms with Gasteiger partial charge in [-0.25, -0.2) is 4.98 Å². The van der Waals surface area contributed by atoms with Gasteiger partial charge in [0.2, 0.25) is 5.95 Å². The summed E-state index contributed by atoms with van der Waals surface area (Å²) >= 11 is 3.35. The number of nitrogens with one attached hydrogen (secondary N) is 1. The molecule has 0 fully saturated rings. The van der Waals surface area contributed by atoms with Gasteiger partial charge in [-0.1, -0.05) is 34.1 Å². The highest BCUT2D eigenvalue weighted by Crippen LogP contribution is 2.16. The maximum atomic E-state index is 12.9. The van der Waals surface area contributed by atoms with Crippen LogP contribution in [-0.4, -0.2) is 10.9 Å². The van der Waals surface area contributed by atoms with Crippen molar-refractivity contribution >= 4 is 21.8 Å². The van der Waals surface area contributed by atoms with Gasteiger partial charge in [-0.05, 0) is 36.8 Å². The molecule has 0 spiro atoms. The molecule has 0 saturated carbocycles. The lowest BCUT2D eigenvalue weighted by Crippen LogP contribution is -2.27. The molecule has 5 heteroatoms. The summed E-state index contributed by atoms with van der Waals surface area (Å²) in [5.41, 5.74) is 1.04. The van der Waals surface area contributed by atoms with Gasteiger partial charge in [0.05, 0.1) is 6.04 Å². The normalized spacial score (nSPS) is 11.9. The largest absolute Gasteiger partial charge is 0.344 e. The second-order valence-corrected chi connectivity index (χ2v) is 5.01. The first-order chi connectivity index (χ1) is 9.06. The highest BCUT2D eigenvalue weighted by atomic mass is 79.9. The van der Waals surface area contributed by atoms with Crippen LogP contribution in [0.2, 0.25) is 0 Å². The minimum atomic E-state index is -0.663. The number of hydrogen-bond donors (Lipinski definition) is 1. The molecule has 0 saturated heterocycles. The fourth-order valence-electron chi connectivity index (χ4n) is 1.64. The number of carbonyl (C=O) groups is 1. The van der Waals surface area contributed by atoms with Crippen LogP contribution in [0.1, 0.15) is 29.0 Å². The maximum Gasteiger partial charge on any atom is 0.270 e. The molecule has 2 rings (SSSR count). The monoisotopic (exact) mass is 322 g/mol. The van der Waals surface area contributed by atoms with Gasteiger partial charge in [0.25, 0.3) is 5.91 Å². The Kier molecular flexibility index (Phi) is 4.27. The van der Waals surface area contributed by atoms with Crippen molar-refractivity contribution in [2.45, 2.75) is 13.0 Å². The third kappa shape index (κ3) is 3.61. The van der Waals surface area contributed by atoms with Gasteiger partial charge in [0.1, 0.15) is 5.69 Å². The molecular weight excluding hydrogens is 311 g/mol. The number of hydrogen-bond acceptors (Lipinski definition) is 2. The molecule has 1 amide bonds. The molecule has 1 aromatic heterocycles. The summed E-state index contributed by atoms with van der Waals surface area (Å²) in [4.78, 5) is 15.4. The zero-order chi connectivity index (χ0) is 13.8. The van der Waals surface area contributed by atoms with Gasteiger partial charge in [-0.2, -0.15) is 4.39 Å². The summed E-state index contributed by atoms with van der Waals surface area (Å²) in [6.07, 6.45) is 0. The summed E-state index contributed by atoms with van der Waals surface area (Å²) in [6.45, 7) is 1.86. The van der Waals surface area contributed by atoms with Crippen molar-refractivity contribution in [1.29, 1.82) is 0 Å². The SMILES string of the molecule is CC(NC(=O)c1cccc(F)n1)c1ccc(Br)cc1. The summed E-state index contributed by atoms with van der Waals surface area (Å²) < 4.78 is 13.9. The predicted molar refractivity (Wildman–Crippen MR) is 74.2 cm³/mol. The van der Waals surface area contributed by atoms with E-state index in [9.17, 15) is 9.18 Å². The number of benzene rings is 1. The number of rotatable bonds is 3. The van der Waals surface area contributed by atoms with Crippen LogP contribution in [-0.2, 0) is 0 Å². The van der Waals surface area contributed by atoms with Gasteiger partial charge in [0, 0.05) is 4.47 Å². The highest BCUT2D eigenvalue weighted by molar-refractivity contribution is 9.10. The zero-order valence-corrected chi connectivity index (χ0v) is 11.8. The van der Waals surface area contributed by atoms with Crippen LogP contribution in [0.25, 0.3) is 0 Å². The Morgan fingerprint density at radius 1 is 1.26 bits per heavy atom. The minimum absolute atomic E-state index is 0.0731. The van der Waals surface area contributed by atoms with E-state index in [1.165, 1.54) is 18.2 Å². The topological polar surface area (TPSA) is 42.0 Å². The van der Waals surface area contributed by atoms with Crippen LogP contribution in [0.4, 0.5) is 4.39 Å². The molecule has 1 heterocycles. The molecular formula is C14H12BrFN2O. The highest BCUT2D eigenvalue weighted by Gasteiger charge is 2.12. The molecule has 1 N–H and O–H groups in total. The Hall–Kier alpha value is -1.75. The van der Waals surface area contributed by atoms with Crippen molar-refractivity contribution in [3.05, 3.63) is 64.1 Å². The summed E-state index contributed by atoms with van der Waals surface area (Å²) in [6, 6.07) is 11.6. The molecule has 2 aromatic rings. The van der Waals surface area contributed by atoms with Crippen LogP contribution >= 0.6 is 15.9 Å². The Bertz CT molecular complexity index is 586. The van der Waals surface area contributed by atoms with E-state index in [-0.39, 0.29) is 11.7 Å². The van der Waals surface area contributed by atoms with Crippen molar-refractivity contribution in [2.75, 3.05) is 0 Å². The maximum absolute atomic E-state index is 12.9. The standard InChI is InChI=1S/C14H12BrFN2O/c1-9(10-5-7-11(15)8-6-10)17-14(19)12-3-2-4-13(16)18-12/h2-9H,1H3,(H,17,19). The number of aromatic nitrogens is 1. The fourth-order valence-corrected chi connectivity index (χ4v) is 1.90. The van der Waals surface area contributed by atoms with Crippen LogP contribution in [0.3, 0.4) is 0 Å². The minimum Gasteiger partial charge on any atom is -0.344 e. The first-order valence-electron chi connectivity index (χ1n) is 5.75. The lowest BCUT2D eigenvalue weighted by atomic mass is 10.1. The van der Waals surface area contributed by atoms with E-state index in [1.54, 1.807) is 0 Å². The smallest absolute Gasteiger partial charge is 0.270 e. The summed E-state index contributed by atoms with van der Waals surface area (Å²) in [5, 5.41) is 2.78. The van der Waals surface area contributed by atoms with E-state index < -0.39 is 11.9 Å². The molecule has 0 aliphatic heterocycles. The predicted octanol–water partition coefficient (Wildman–Crippen LogP) is 3.47. The van der Waals surface area contributed by atoms with Crippen LogP contribution in [0, 0.1) is 5.95 Å². The Balaban J connectivity index is 2.08. The third-order valence-electron chi connectivity index (χ3n) is 2.67. The van der Waals surface area contributed by atoms with Gasteiger partial charge in [-0.15, -0.1) is 0 Å². The fraction of sp³-hybridized carbons (Fsp3) is 0.143. The first-order valence-corrected chi connectivity index (χ1v) is 6.54. The molecule has 98 valence electrons. The van der Waals surface area contributed by atoms with Gasteiger partial charge >= 0.3 is 0 Å². The number of amides is 1. The molecule has 0 radical (unpaired) electrons. The van der Waals surface area contributed by atoms with E-state index >= 15 is 0 Å². The van der Waals surface area contributed by atoms with Crippen molar-refractivity contribution < 1.29 is 9.18 Å². The molecule has 0 bridgehead atoms. The van der Waals surface area contributed by atoms with E-state index in [1.807, 2.05) is 31.2 Å². The number of pyridine rings is 1. The third-order valence-corrected chi connectivity index (χ3v) is 3.19. The lowest BCUT2D eigenvalue weighted by molar-refractivity contribution is 0.0933. The Morgan fingerprint density at radius 2 is 1.95 bits per heavy atom. The van der Waals surface area contributed by atoms with Gasteiger partial charge in [-0.3, -0.25) is 4.79 Å². The van der Waals surface area contributed by atoms with E-state index in [0.717, 1.165) is 10.0 Å². The molecule has 0 aliphatic carbocycles. The second kappa shape index (κ2) is 5.93. The van der Waals surface area contributed by atoms with Gasteiger partial charge in [0.15, 0.2) is 0 Å². The van der Waals surface area contributed by atoms with Crippen LogP contribution in [0.15, 0.2) is 46.9 Å². The lowest BCUT2D eigenvalue weighted by Gasteiger charge is -2.14. The number of nitrogens with zero attached hydrogens (tertiary/aromatic N) is 1. The average molecular weight is 323 g/mol. The van der Waals surface area contributed by atoms with Crippen LogP contribution < -0.4 is 5.32 Å². The Morgan fingerprint density at radius 3 is 2.58 bits per heavy atom. The molecule has 1 aromatic carbocycles. The molecule has 19 heavy (non-hydrogen) atoms. The molecule has 0 aliphatic rings. The van der Waals surface area contributed by atoms with Crippen molar-refractivity contribution in [2.24, 2.45) is 0 Å². The zero-order valence-electron chi connectivity index (χ0n) is 10.2. The average Bonchev–Trinajstić information content (AvgIpc) is 2.39. The molecule has 1 atom stereocenters.